The minimum Gasteiger partial charge on any atom is -0.385 e. The molecule has 2 aliphatic heterocycles. The third-order valence-electron chi connectivity index (χ3n) is 4.95. The summed E-state index contributed by atoms with van der Waals surface area (Å²) in [5.41, 5.74) is 6.04. The van der Waals surface area contributed by atoms with Gasteiger partial charge in [0.2, 0.25) is 11.8 Å². The minimum absolute atomic E-state index is 0.315. The third-order valence-corrected chi connectivity index (χ3v) is 4.95. The standard InChI is InChI=1S/C17H26N4O5/c18-6-8-26-9-7-19-11-3-1-2-10-14(11)17(25)21(16(10)24)12-4-5-13(22)20-15(12)23/h1-3,10,12-15,19-20,22-23H,4-9,18H2. The van der Waals surface area contributed by atoms with Gasteiger partial charge in [-0.3, -0.25) is 19.8 Å². The Labute approximate surface area is 151 Å². The first kappa shape index (κ1) is 19.0. The molecular formula is C17H26N4O5. The fraction of sp³-hybridized carbons (Fsp3) is 0.647. The highest BCUT2D eigenvalue weighted by atomic mass is 16.5. The molecule has 2 fully saturated rings. The quantitative estimate of drug-likeness (QED) is 0.258. The summed E-state index contributed by atoms with van der Waals surface area (Å²) in [5, 5.41) is 25.5. The predicted molar refractivity (Wildman–Crippen MR) is 92.1 cm³/mol. The van der Waals surface area contributed by atoms with Crippen LogP contribution in [0, 0.1) is 11.8 Å². The number of nitrogens with one attached hydrogen (secondary N) is 2. The molecule has 144 valence electrons. The maximum Gasteiger partial charge on any atom is 0.239 e. The van der Waals surface area contributed by atoms with E-state index in [9.17, 15) is 19.8 Å². The fourth-order valence-corrected chi connectivity index (χ4v) is 3.71. The van der Waals surface area contributed by atoms with Crippen molar-refractivity contribution in [1.82, 2.24) is 15.5 Å². The van der Waals surface area contributed by atoms with Crippen LogP contribution in [0.3, 0.4) is 0 Å². The van der Waals surface area contributed by atoms with Gasteiger partial charge in [-0.15, -0.1) is 0 Å². The van der Waals surface area contributed by atoms with Gasteiger partial charge in [-0.25, -0.2) is 0 Å². The van der Waals surface area contributed by atoms with Crippen LogP contribution in [-0.2, 0) is 14.3 Å². The van der Waals surface area contributed by atoms with Crippen molar-refractivity contribution in [3.05, 3.63) is 23.9 Å². The van der Waals surface area contributed by atoms with E-state index in [0.717, 1.165) is 4.90 Å². The summed E-state index contributed by atoms with van der Waals surface area (Å²) in [4.78, 5) is 26.9. The highest BCUT2D eigenvalue weighted by Crippen LogP contribution is 2.37. The average molecular weight is 366 g/mol. The van der Waals surface area contributed by atoms with Crippen LogP contribution in [0.15, 0.2) is 23.9 Å². The molecule has 9 heteroatoms. The van der Waals surface area contributed by atoms with Crippen molar-refractivity contribution >= 4 is 11.8 Å². The average Bonchev–Trinajstić information content (AvgIpc) is 2.87. The van der Waals surface area contributed by atoms with Gasteiger partial charge in [0.25, 0.3) is 0 Å². The number of likely N-dealkylation sites (tertiary alicyclic amines) is 1. The van der Waals surface area contributed by atoms with Crippen LogP contribution < -0.4 is 16.4 Å². The highest BCUT2D eigenvalue weighted by Gasteiger charge is 2.52. The van der Waals surface area contributed by atoms with Crippen LogP contribution >= 0.6 is 0 Å². The second-order valence-electron chi connectivity index (χ2n) is 6.66. The zero-order valence-electron chi connectivity index (χ0n) is 14.5. The van der Waals surface area contributed by atoms with Crippen molar-refractivity contribution < 1.29 is 24.5 Å². The molecular weight excluding hydrogens is 340 g/mol. The van der Waals surface area contributed by atoms with E-state index in [1.54, 1.807) is 18.2 Å². The number of allylic oxidation sites excluding steroid dienone is 2. The van der Waals surface area contributed by atoms with E-state index in [1.165, 1.54) is 0 Å². The molecule has 0 aromatic rings. The number of piperidine rings is 1. The number of rotatable bonds is 7. The van der Waals surface area contributed by atoms with Gasteiger partial charge in [-0.1, -0.05) is 12.2 Å². The summed E-state index contributed by atoms with van der Waals surface area (Å²) in [6.45, 7) is 1.87. The summed E-state index contributed by atoms with van der Waals surface area (Å²) in [6, 6.07) is -0.675. The number of nitrogens with two attached hydrogens (primary N) is 1. The lowest BCUT2D eigenvalue weighted by Crippen LogP contribution is -2.58. The van der Waals surface area contributed by atoms with Gasteiger partial charge >= 0.3 is 0 Å². The molecule has 1 aliphatic carbocycles. The summed E-state index contributed by atoms with van der Waals surface area (Å²) in [6.07, 6.45) is 4.02. The van der Waals surface area contributed by atoms with E-state index in [0.29, 0.717) is 44.8 Å². The molecule has 3 rings (SSSR count). The first-order valence-corrected chi connectivity index (χ1v) is 8.93. The maximum absolute atomic E-state index is 13.0. The van der Waals surface area contributed by atoms with E-state index in [4.69, 9.17) is 10.5 Å². The van der Waals surface area contributed by atoms with Crippen molar-refractivity contribution in [1.29, 1.82) is 0 Å². The lowest BCUT2D eigenvalue weighted by atomic mass is 9.88. The molecule has 0 aromatic heterocycles. The van der Waals surface area contributed by atoms with E-state index in [1.807, 2.05) is 0 Å². The Balaban J connectivity index is 1.68. The number of imide groups is 1. The zero-order chi connectivity index (χ0) is 18.7. The minimum atomic E-state index is -1.14. The van der Waals surface area contributed by atoms with Crippen LogP contribution in [0.2, 0.25) is 0 Å². The number of carbonyl (C=O) groups excluding carboxylic acids is 2. The Kier molecular flexibility index (Phi) is 6.05. The molecule has 3 aliphatic rings. The highest BCUT2D eigenvalue weighted by molar-refractivity contribution is 6.08. The van der Waals surface area contributed by atoms with Crippen molar-refractivity contribution in [2.75, 3.05) is 26.3 Å². The second kappa shape index (κ2) is 8.28. The van der Waals surface area contributed by atoms with Crippen molar-refractivity contribution in [2.24, 2.45) is 17.6 Å². The number of fused-ring (bicyclic) bond motifs is 1. The number of aliphatic hydroxyl groups is 2. The molecule has 2 saturated heterocycles. The third kappa shape index (κ3) is 3.67. The van der Waals surface area contributed by atoms with Crippen LogP contribution in [0.1, 0.15) is 12.8 Å². The molecule has 0 bridgehead atoms. The van der Waals surface area contributed by atoms with Gasteiger partial charge < -0.3 is 26.0 Å². The molecule has 5 atom stereocenters. The van der Waals surface area contributed by atoms with E-state index < -0.39 is 30.3 Å². The van der Waals surface area contributed by atoms with Crippen molar-refractivity contribution in [3.63, 3.8) is 0 Å². The molecule has 0 spiro atoms. The van der Waals surface area contributed by atoms with Gasteiger partial charge in [-0.2, -0.15) is 0 Å². The number of nitrogens with zero attached hydrogens (tertiary/aromatic N) is 1. The fourth-order valence-electron chi connectivity index (χ4n) is 3.71. The Morgan fingerprint density at radius 1 is 1.27 bits per heavy atom. The first-order chi connectivity index (χ1) is 12.5. The normalized spacial score (nSPS) is 34.0. The lowest BCUT2D eigenvalue weighted by molar-refractivity contribution is -0.149. The van der Waals surface area contributed by atoms with Gasteiger partial charge in [0.1, 0.15) is 12.5 Å². The van der Waals surface area contributed by atoms with Crippen LogP contribution in [0.4, 0.5) is 0 Å². The molecule has 0 aromatic carbocycles. The van der Waals surface area contributed by atoms with Gasteiger partial charge in [0.15, 0.2) is 0 Å². The topological polar surface area (TPSA) is 137 Å². The Morgan fingerprint density at radius 2 is 2.08 bits per heavy atom. The molecule has 9 nitrogen and oxygen atoms in total. The molecule has 6 N–H and O–H groups in total. The zero-order valence-corrected chi connectivity index (χ0v) is 14.5. The van der Waals surface area contributed by atoms with Crippen LogP contribution in [-0.4, -0.2) is 71.7 Å². The largest absolute Gasteiger partial charge is 0.385 e. The first-order valence-electron chi connectivity index (χ1n) is 8.93. The maximum atomic E-state index is 13.0. The smallest absolute Gasteiger partial charge is 0.239 e. The molecule has 2 amide bonds. The molecule has 0 saturated carbocycles. The molecule has 0 radical (unpaired) electrons. The number of aliphatic hydroxyl groups excluding tert-OH is 2. The van der Waals surface area contributed by atoms with E-state index >= 15 is 0 Å². The van der Waals surface area contributed by atoms with Gasteiger partial charge in [-0.05, 0) is 18.9 Å². The molecule has 2 heterocycles. The second-order valence-corrected chi connectivity index (χ2v) is 6.66. The van der Waals surface area contributed by atoms with Gasteiger partial charge in [0, 0.05) is 18.8 Å². The number of hydrogen-bond acceptors (Lipinski definition) is 8. The van der Waals surface area contributed by atoms with Crippen molar-refractivity contribution in [2.45, 2.75) is 31.3 Å². The van der Waals surface area contributed by atoms with Gasteiger partial charge in [0.05, 0.1) is 31.1 Å². The Bertz CT molecular complexity index is 608. The molecule has 26 heavy (non-hydrogen) atoms. The summed E-state index contributed by atoms with van der Waals surface area (Å²) >= 11 is 0. The summed E-state index contributed by atoms with van der Waals surface area (Å²) in [5.74, 6) is -1.82. The predicted octanol–water partition coefficient (Wildman–Crippen LogP) is -2.00. The van der Waals surface area contributed by atoms with Crippen molar-refractivity contribution in [3.8, 4) is 0 Å². The summed E-state index contributed by atoms with van der Waals surface area (Å²) < 4.78 is 5.31. The number of hydrogen-bond donors (Lipinski definition) is 5. The monoisotopic (exact) mass is 366 g/mol. The van der Waals surface area contributed by atoms with E-state index in [-0.39, 0.29) is 11.8 Å². The van der Waals surface area contributed by atoms with Crippen LogP contribution in [0.5, 0.6) is 0 Å². The number of ether oxygens (including phenoxy) is 1. The van der Waals surface area contributed by atoms with E-state index in [2.05, 4.69) is 10.6 Å². The number of amides is 2. The lowest BCUT2D eigenvalue weighted by Gasteiger charge is -2.36. The SMILES string of the molecule is NCCOCCNC1=CC=CC2C(=O)N(C3CCC(O)NC3O)C(=O)C12. The Hall–Kier alpha value is -1.78. The number of carbonyl (C=O) groups is 2. The molecule has 5 unspecified atom stereocenters. The Morgan fingerprint density at radius 3 is 2.81 bits per heavy atom. The van der Waals surface area contributed by atoms with Crippen LogP contribution in [0.25, 0.3) is 0 Å². The summed E-state index contributed by atoms with van der Waals surface area (Å²) in [7, 11) is 0.